The standard InChI is InChI=1S/C20H30N4O3/c1-4-8-23-17-15(18(25)24(9-5-2)19(23)26)21-16(22-17)12-10-13-6-7-14(11-12)20(13,3)27/h12-14,27H,4-11H2,1-3H3,(H,21,22). The van der Waals surface area contributed by atoms with Crippen LogP contribution >= 0.6 is 0 Å². The predicted molar refractivity (Wildman–Crippen MR) is 104 cm³/mol. The van der Waals surface area contributed by atoms with Gasteiger partial charge in [-0.25, -0.2) is 9.78 Å². The van der Waals surface area contributed by atoms with Crippen molar-refractivity contribution >= 4 is 11.2 Å². The monoisotopic (exact) mass is 374 g/mol. The highest BCUT2D eigenvalue weighted by molar-refractivity contribution is 5.70. The van der Waals surface area contributed by atoms with Crippen LogP contribution in [0.4, 0.5) is 0 Å². The Morgan fingerprint density at radius 3 is 2.30 bits per heavy atom. The smallest absolute Gasteiger partial charge is 0.332 e. The molecule has 27 heavy (non-hydrogen) atoms. The molecule has 0 saturated heterocycles. The number of aliphatic hydroxyl groups is 1. The number of rotatable bonds is 5. The summed E-state index contributed by atoms with van der Waals surface area (Å²) in [5.41, 5.74) is -0.189. The Kier molecular flexibility index (Phi) is 4.53. The van der Waals surface area contributed by atoms with Crippen molar-refractivity contribution in [3.8, 4) is 0 Å². The molecule has 0 spiro atoms. The van der Waals surface area contributed by atoms with E-state index in [-0.39, 0.29) is 29.0 Å². The molecule has 0 aromatic carbocycles. The van der Waals surface area contributed by atoms with Crippen LogP contribution in [0.3, 0.4) is 0 Å². The van der Waals surface area contributed by atoms with Gasteiger partial charge in [-0.05, 0) is 57.3 Å². The summed E-state index contributed by atoms with van der Waals surface area (Å²) in [6.07, 6.45) is 5.40. The van der Waals surface area contributed by atoms with Crippen molar-refractivity contribution < 1.29 is 5.11 Å². The quantitative estimate of drug-likeness (QED) is 0.840. The minimum absolute atomic E-state index is 0.208. The van der Waals surface area contributed by atoms with E-state index in [0.29, 0.717) is 24.3 Å². The number of nitrogens with zero attached hydrogens (tertiary/aromatic N) is 3. The number of aromatic nitrogens is 4. The van der Waals surface area contributed by atoms with Crippen molar-refractivity contribution in [2.24, 2.45) is 11.8 Å². The zero-order valence-corrected chi connectivity index (χ0v) is 16.5. The van der Waals surface area contributed by atoms with Crippen molar-refractivity contribution in [2.45, 2.75) is 83.9 Å². The number of imidazole rings is 1. The molecule has 2 bridgehead atoms. The van der Waals surface area contributed by atoms with Gasteiger partial charge in [0.25, 0.3) is 5.56 Å². The number of fused-ring (bicyclic) bond motifs is 3. The summed E-state index contributed by atoms with van der Waals surface area (Å²) < 4.78 is 2.97. The summed E-state index contributed by atoms with van der Waals surface area (Å²) in [4.78, 5) is 33.7. The van der Waals surface area contributed by atoms with E-state index < -0.39 is 5.60 Å². The van der Waals surface area contributed by atoms with Crippen molar-refractivity contribution in [3.05, 3.63) is 26.7 Å². The van der Waals surface area contributed by atoms with Crippen LogP contribution in [0.1, 0.15) is 71.0 Å². The van der Waals surface area contributed by atoms with Crippen LogP contribution in [0, 0.1) is 11.8 Å². The summed E-state index contributed by atoms with van der Waals surface area (Å²) in [5, 5.41) is 10.7. The highest BCUT2D eigenvalue weighted by Crippen LogP contribution is 2.53. The van der Waals surface area contributed by atoms with Gasteiger partial charge in [0.05, 0.1) is 5.60 Å². The minimum Gasteiger partial charge on any atom is -0.390 e. The first kappa shape index (κ1) is 18.5. The second-order valence-electron chi connectivity index (χ2n) is 8.58. The van der Waals surface area contributed by atoms with E-state index in [1.54, 1.807) is 4.57 Å². The molecule has 148 valence electrons. The Bertz CT molecular complexity index is 952. The van der Waals surface area contributed by atoms with Gasteiger partial charge in [-0.1, -0.05) is 13.8 Å². The number of nitrogens with one attached hydrogen (secondary N) is 1. The first-order valence-corrected chi connectivity index (χ1v) is 10.3. The second kappa shape index (κ2) is 6.62. The third-order valence-electron chi connectivity index (χ3n) is 6.82. The lowest BCUT2D eigenvalue weighted by Gasteiger charge is -2.39. The van der Waals surface area contributed by atoms with E-state index in [1.807, 2.05) is 20.8 Å². The van der Waals surface area contributed by atoms with Crippen molar-refractivity contribution in [2.75, 3.05) is 0 Å². The lowest BCUT2D eigenvalue weighted by Crippen LogP contribution is -2.41. The molecule has 2 heterocycles. The molecule has 2 atom stereocenters. The molecule has 0 aliphatic heterocycles. The number of aromatic amines is 1. The molecule has 2 fully saturated rings. The number of aryl methyl sites for hydroxylation is 1. The molecular formula is C20H30N4O3. The lowest BCUT2D eigenvalue weighted by molar-refractivity contribution is -0.0488. The van der Waals surface area contributed by atoms with Crippen LogP contribution in [0.5, 0.6) is 0 Å². The maximum Gasteiger partial charge on any atom is 0.332 e. The van der Waals surface area contributed by atoms with Crippen LogP contribution in [-0.4, -0.2) is 29.8 Å². The molecule has 7 heteroatoms. The van der Waals surface area contributed by atoms with Crippen LogP contribution in [-0.2, 0) is 13.1 Å². The van der Waals surface area contributed by atoms with Crippen LogP contribution in [0.15, 0.2) is 9.59 Å². The molecule has 2 unspecified atom stereocenters. The van der Waals surface area contributed by atoms with E-state index in [9.17, 15) is 14.7 Å². The maximum absolute atomic E-state index is 12.9. The SMILES string of the molecule is CCCn1c(=O)c2[nH]c(C3CC4CCC(C3)C4(C)O)nc2n(CCC)c1=O. The average molecular weight is 374 g/mol. The van der Waals surface area contributed by atoms with Gasteiger partial charge >= 0.3 is 5.69 Å². The molecule has 4 rings (SSSR count). The Labute approximate surface area is 158 Å². The van der Waals surface area contributed by atoms with Gasteiger partial charge in [-0.3, -0.25) is 13.9 Å². The summed E-state index contributed by atoms with van der Waals surface area (Å²) in [6, 6.07) is 0. The van der Waals surface area contributed by atoms with Gasteiger partial charge in [0.15, 0.2) is 5.65 Å². The van der Waals surface area contributed by atoms with E-state index in [4.69, 9.17) is 4.98 Å². The van der Waals surface area contributed by atoms with Gasteiger partial charge < -0.3 is 10.1 Å². The largest absolute Gasteiger partial charge is 0.390 e. The molecule has 2 aromatic rings. The molecule has 2 aliphatic carbocycles. The molecular weight excluding hydrogens is 344 g/mol. The number of hydrogen-bond donors (Lipinski definition) is 2. The van der Waals surface area contributed by atoms with Gasteiger partial charge in [0, 0.05) is 19.0 Å². The fourth-order valence-electron chi connectivity index (χ4n) is 5.26. The number of hydrogen-bond acceptors (Lipinski definition) is 4. The number of H-pyrrole nitrogens is 1. The predicted octanol–water partition coefficient (Wildman–Crippen LogP) is 2.36. The Balaban J connectivity index is 1.81. The molecule has 0 amide bonds. The van der Waals surface area contributed by atoms with Gasteiger partial charge in [-0.15, -0.1) is 0 Å². The zero-order chi connectivity index (χ0) is 19.3. The molecule has 2 aliphatic rings. The molecule has 7 nitrogen and oxygen atoms in total. The average Bonchev–Trinajstić information content (AvgIpc) is 3.08. The molecule has 0 radical (unpaired) electrons. The fourth-order valence-corrected chi connectivity index (χ4v) is 5.26. The van der Waals surface area contributed by atoms with Crippen LogP contribution in [0.2, 0.25) is 0 Å². The third-order valence-corrected chi connectivity index (χ3v) is 6.82. The van der Waals surface area contributed by atoms with Gasteiger partial charge in [0.1, 0.15) is 11.3 Å². The topological polar surface area (TPSA) is 92.9 Å². The highest BCUT2D eigenvalue weighted by Gasteiger charge is 2.50. The van der Waals surface area contributed by atoms with Gasteiger partial charge in [-0.2, -0.15) is 0 Å². The summed E-state index contributed by atoms with van der Waals surface area (Å²) in [5.74, 6) is 1.57. The van der Waals surface area contributed by atoms with E-state index in [2.05, 4.69) is 4.98 Å². The maximum atomic E-state index is 12.9. The van der Waals surface area contributed by atoms with Crippen LogP contribution in [0.25, 0.3) is 11.2 Å². The molecule has 2 aromatic heterocycles. The van der Waals surface area contributed by atoms with Gasteiger partial charge in [0.2, 0.25) is 0 Å². The Morgan fingerprint density at radius 2 is 1.70 bits per heavy atom. The Hall–Kier alpha value is -1.89. The van der Waals surface area contributed by atoms with Crippen molar-refractivity contribution in [1.29, 1.82) is 0 Å². The lowest BCUT2D eigenvalue weighted by atomic mass is 9.71. The first-order chi connectivity index (χ1) is 12.9. The van der Waals surface area contributed by atoms with Crippen LogP contribution < -0.4 is 11.2 Å². The zero-order valence-electron chi connectivity index (χ0n) is 16.5. The minimum atomic E-state index is -0.583. The normalized spacial score (nSPS) is 30.3. The second-order valence-corrected chi connectivity index (χ2v) is 8.58. The summed E-state index contributed by atoms with van der Waals surface area (Å²) in [6.45, 7) is 6.91. The first-order valence-electron chi connectivity index (χ1n) is 10.3. The summed E-state index contributed by atoms with van der Waals surface area (Å²) >= 11 is 0. The fraction of sp³-hybridized carbons (Fsp3) is 0.750. The van der Waals surface area contributed by atoms with E-state index in [0.717, 1.165) is 44.3 Å². The van der Waals surface area contributed by atoms with Crippen molar-refractivity contribution in [1.82, 2.24) is 19.1 Å². The molecule has 2 N–H and O–H groups in total. The van der Waals surface area contributed by atoms with E-state index in [1.165, 1.54) is 4.57 Å². The van der Waals surface area contributed by atoms with E-state index >= 15 is 0 Å². The Morgan fingerprint density at radius 1 is 1.11 bits per heavy atom. The molecule has 2 saturated carbocycles. The van der Waals surface area contributed by atoms with Crippen molar-refractivity contribution in [3.63, 3.8) is 0 Å². The third kappa shape index (κ3) is 2.78. The highest BCUT2D eigenvalue weighted by atomic mass is 16.3. The summed E-state index contributed by atoms with van der Waals surface area (Å²) in [7, 11) is 0.